The molecule has 24 heavy (non-hydrogen) atoms. The number of hydrogen-bond donors (Lipinski definition) is 0. The molecule has 124 valence electrons. The largest absolute Gasteiger partial charge is 0.465 e. The summed E-state index contributed by atoms with van der Waals surface area (Å²) in [5.41, 5.74) is -0.289. The number of hydrogen-bond acceptors (Lipinski definition) is 8. The average Bonchev–Trinajstić information content (AvgIpc) is 2.60. The summed E-state index contributed by atoms with van der Waals surface area (Å²) >= 11 is 0. The Labute approximate surface area is 135 Å². The summed E-state index contributed by atoms with van der Waals surface area (Å²) in [4.78, 5) is 37.2. The summed E-state index contributed by atoms with van der Waals surface area (Å²) in [6.07, 6.45) is 2.55. The van der Waals surface area contributed by atoms with Gasteiger partial charge in [-0.3, -0.25) is 15.1 Å². The maximum atomic E-state index is 11.5. The zero-order valence-corrected chi connectivity index (χ0v) is 12.7. The molecule has 2 aromatic rings. The van der Waals surface area contributed by atoms with Gasteiger partial charge in [-0.15, -0.1) is 0 Å². The molecule has 0 unspecified atom stereocenters. The van der Waals surface area contributed by atoms with E-state index < -0.39 is 22.5 Å². The van der Waals surface area contributed by atoms with Crippen LogP contribution in [0, 0.1) is 10.1 Å². The number of benzene rings is 1. The van der Waals surface area contributed by atoms with Crippen LogP contribution < -0.4 is 4.74 Å². The van der Waals surface area contributed by atoms with E-state index in [-0.39, 0.29) is 22.6 Å². The number of esters is 2. The Morgan fingerprint density at radius 3 is 2.33 bits per heavy atom. The van der Waals surface area contributed by atoms with Crippen LogP contribution in [-0.2, 0) is 9.47 Å². The molecule has 1 aromatic carbocycles. The van der Waals surface area contributed by atoms with Crippen LogP contribution in [0.2, 0.25) is 0 Å². The smallest absolute Gasteiger partial charge is 0.339 e. The molecule has 0 saturated heterocycles. The molecule has 0 spiro atoms. The Bertz CT molecular complexity index is 804. The average molecular weight is 332 g/mol. The second-order valence-corrected chi connectivity index (χ2v) is 4.43. The van der Waals surface area contributed by atoms with Gasteiger partial charge in [-0.05, 0) is 18.2 Å². The molecule has 9 nitrogen and oxygen atoms in total. The summed E-state index contributed by atoms with van der Waals surface area (Å²) in [7, 11) is 2.38. The van der Waals surface area contributed by atoms with Crippen LogP contribution in [0.4, 0.5) is 5.69 Å². The summed E-state index contributed by atoms with van der Waals surface area (Å²) in [5, 5.41) is 11.2. The van der Waals surface area contributed by atoms with Gasteiger partial charge < -0.3 is 14.2 Å². The zero-order valence-electron chi connectivity index (χ0n) is 12.7. The van der Waals surface area contributed by atoms with Gasteiger partial charge in [-0.1, -0.05) is 0 Å². The Balaban J connectivity index is 2.37. The Kier molecular flexibility index (Phi) is 5.05. The summed E-state index contributed by atoms with van der Waals surface area (Å²) in [6.45, 7) is 0. The first-order valence-electron chi connectivity index (χ1n) is 6.54. The van der Waals surface area contributed by atoms with E-state index in [1.807, 2.05) is 0 Å². The van der Waals surface area contributed by atoms with Crippen molar-refractivity contribution in [3.05, 3.63) is 57.9 Å². The van der Waals surface area contributed by atoms with Gasteiger partial charge in [0.25, 0.3) is 0 Å². The van der Waals surface area contributed by atoms with E-state index in [1.54, 1.807) is 0 Å². The lowest BCUT2D eigenvalue weighted by Crippen LogP contribution is -2.04. The van der Waals surface area contributed by atoms with E-state index in [0.29, 0.717) is 0 Å². The molecular formula is C15H12N2O7. The van der Waals surface area contributed by atoms with Crippen molar-refractivity contribution in [1.29, 1.82) is 0 Å². The third-order valence-electron chi connectivity index (χ3n) is 2.94. The molecule has 1 aromatic heterocycles. The fourth-order valence-electron chi connectivity index (χ4n) is 1.82. The quantitative estimate of drug-likeness (QED) is 0.465. The Hall–Kier alpha value is -3.49. The highest BCUT2D eigenvalue weighted by atomic mass is 16.6. The van der Waals surface area contributed by atoms with Gasteiger partial charge in [0.15, 0.2) is 0 Å². The molecule has 0 aliphatic heterocycles. The Morgan fingerprint density at radius 2 is 1.71 bits per heavy atom. The number of nitro groups is 1. The van der Waals surface area contributed by atoms with Crippen molar-refractivity contribution in [1.82, 2.24) is 4.98 Å². The third kappa shape index (κ3) is 3.64. The number of carbonyl (C=O) groups excluding carboxylic acids is 2. The molecule has 0 amide bonds. The number of pyridine rings is 1. The fourth-order valence-corrected chi connectivity index (χ4v) is 1.82. The minimum Gasteiger partial charge on any atom is -0.465 e. The van der Waals surface area contributed by atoms with Crippen molar-refractivity contribution < 1.29 is 28.7 Å². The predicted octanol–water partition coefficient (Wildman–Crippen LogP) is 2.36. The third-order valence-corrected chi connectivity index (χ3v) is 2.94. The van der Waals surface area contributed by atoms with Crippen LogP contribution in [0.15, 0.2) is 36.7 Å². The number of aromatic nitrogens is 1. The maximum Gasteiger partial charge on any atom is 0.339 e. The number of rotatable bonds is 5. The normalized spacial score (nSPS) is 9.92. The molecule has 2 rings (SSSR count). The minimum absolute atomic E-state index is 0.0120. The fraction of sp³-hybridized carbons (Fsp3) is 0.133. The number of carbonyl (C=O) groups is 2. The van der Waals surface area contributed by atoms with E-state index in [1.165, 1.54) is 44.8 Å². The second-order valence-electron chi connectivity index (χ2n) is 4.43. The molecule has 0 atom stereocenters. The van der Waals surface area contributed by atoms with Crippen LogP contribution in [0.25, 0.3) is 0 Å². The van der Waals surface area contributed by atoms with Gasteiger partial charge in [0, 0.05) is 12.3 Å². The molecule has 0 fully saturated rings. The van der Waals surface area contributed by atoms with Crippen molar-refractivity contribution in [2.75, 3.05) is 14.2 Å². The predicted molar refractivity (Wildman–Crippen MR) is 80.1 cm³/mol. The summed E-state index contributed by atoms with van der Waals surface area (Å²) in [6, 6.07) is 4.95. The molecule has 0 aliphatic carbocycles. The van der Waals surface area contributed by atoms with E-state index in [9.17, 15) is 19.7 Å². The van der Waals surface area contributed by atoms with Gasteiger partial charge >= 0.3 is 17.6 Å². The van der Waals surface area contributed by atoms with E-state index in [2.05, 4.69) is 14.5 Å². The van der Waals surface area contributed by atoms with E-state index in [4.69, 9.17) is 4.74 Å². The molecule has 0 N–H and O–H groups in total. The molecule has 0 bridgehead atoms. The van der Waals surface area contributed by atoms with Crippen LogP contribution in [0.3, 0.4) is 0 Å². The SMILES string of the molecule is COC(=O)c1cncc(Oc2ccc(C(=O)OC)cc2[N+](=O)[O-])c1. The standard InChI is InChI=1S/C15H12N2O7/c1-22-14(18)9-3-4-13(12(6-9)17(20)21)24-11-5-10(7-16-8-11)15(19)23-2/h3-8H,1-2H3. The molecule has 1 heterocycles. The lowest BCUT2D eigenvalue weighted by atomic mass is 10.2. The van der Waals surface area contributed by atoms with Crippen molar-refractivity contribution in [3.8, 4) is 11.5 Å². The topological polar surface area (TPSA) is 118 Å². The molecular weight excluding hydrogens is 320 g/mol. The highest BCUT2D eigenvalue weighted by Gasteiger charge is 2.20. The van der Waals surface area contributed by atoms with Crippen LogP contribution >= 0.6 is 0 Å². The molecule has 0 aliphatic rings. The lowest BCUT2D eigenvalue weighted by Gasteiger charge is -2.08. The van der Waals surface area contributed by atoms with Crippen molar-refractivity contribution in [2.24, 2.45) is 0 Å². The first kappa shape index (κ1) is 16.9. The van der Waals surface area contributed by atoms with Crippen LogP contribution in [0.1, 0.15) is 20.7 Å². The van der Waals surface area contributed by atoms with Crippen LogP contribution in [-0.4, -0.2) is 36.1 Å². The maximum absolute atomic E-state index is 11.5. The number of nitrogens with zero attached hydrogens (tertiary/aromatic N) is 2. The lowest BCUT2D eigenvalue weighted by molar-refractivity contribution is -0.385. The summed E-state index contributed by atoms with van der Waals surface area (Å²) < 4.78 is 14.5. The van der Waals surface area contributed by atoms with E-state index >= 15 is 0 Å². The van der Waals surface area contributed by atoms with Crippen molar-refractivity contribution in [2.45, 2.75) is 0 Å². The first-order chi connectivity index (χ1) is 11.5. The molecule has 9 heteroatoms. The van der Waals surface area contributed by atoms with Gasteiger partial charge in [0.05, 0.1) is 36.5 Å². The second kappa shape index (κ2) is 7.18. The highest BCUT2D eigenvalue weighted by molar-refractivity contribution is 5.90. The number of nitro benzene ring substituents is 1. The minimum atomic E-state index is -0.709. The van der Waals surface area contributed by atoms with Crippen LogP contribution in [0.5, 0.6) is 11.5 Å². The molecule has 0 radical (unpaired) electrons. The summed E-state index contributed by atoms with van der Waals surface area (Å²) in [5.74, 6) is -1.34. The monoisotopic (exact) mass is 332 g/mol. The van der Waals surface area contributed by atoms with E-state index in [0.717, 1.165) is 6.07 Å². The van der Waals surface area contributed by atoms with Crippen molar-refractivity contribution in [3.63, 3.8) is 0 Å². The Morgan fingerprint density at radius 1 is 1.04 bits per heavy atom. The zero-order chi connectivity index (χ0) is 17.7. The first-order valence-corrected chi connectivity index (χ1v) is 6.54. The van der Waals surface area contributed by atoms with Crippen molar-refractivity contribution >= 4 is 17.6 Å². The number of ether oxygens (including phenoxy) is 3. The molecule has 0 saturated carbocycles. The van der Waals surface area contributed by atoms with Gasteiger partial charge in [0.1, 0.15) is 5.75 Å². The highest BCUT2D eigenvalue weighted by Crippen LogP contribution is 2.32. The van der Waals surface area contributed by atoms with Gasteiger partial charge in [0.2, 0.25) is 5.75 Å². The van der Waals surface area contributed by atoms with Gasteiger partial charge in [-0.2, -0.15) is 0 Å². The number of methoxy groups -OCH3 is 2. The van der Waals surface area contributed by atoms with Gasteiger partial charge in [-0.25, -0.2) is 9.59 Å².